The molecule has 2 heterocycles. The minimum absolute atomic E-state index is 0.294. The maximum Gasteiger partial charge on any atom is 0.270 e. The Bertz CT molecular complexity index is 835. The van der Waals surface area contributed by atoms with Crippen molar-refractivity contribution in [2.24, 2.45) is 5.16 Å². The van der Waals surface area contributed by atoms with Crippen molar-refractivity contribution >= 4 is 51.3 Å². The van der Waals surface area contributed by atoms with E-state index in [1.807, 2.05) is 0 Å². The van der Waals surface area contributed by atoms with E-state index in [9.17, 15) is 4.79 Å². The Morgan fingerprint density at radius 1 is 1.29 bits per heavy atom. The average Bonchev–Trinajstić information content (AvgIpc) is 3.09. The van der Waals surface area contributed by atoms with Gasteiger partial charge in [-0.2, -0.15) is 0 Å². The summed E-state index contributed by atoms with van der Waals surface area (Å²) in [4.78, 5) is 17.5. The van der Waals surface area contributed by atoms with Gasteiger partial charge in [0.25, 0.3) is 5.91 Å². The number of amides is 1. The Labute approximate surface area is 151 Å². The van der Waals surface area contributed by atoms with Crippen molar-refractivity contribution in [3.63, 3.8) is 0 Å². The summed E-state index contributed by atoms with van der Waals surface area (Å²) in [5.41, 5.74) is 1.33. The van der Waals surface area contributed by atoms with Crippen LogP contribution in [0, 0.1) is 0 Å². The van der Waals surface area contributed by atoms with Gasteiger partial charge < -0.3 is 4.84 Å². The lowest BCUT2D eigenvalue weighted by molar-refractivity contribution is -0.125. The number of nitrogens with one attached hydrogen (secondary N) is 1. The Balaban J connectivity index is 1.40. The Kier molecular flexibility index (Phi) is 4.15. The van der Waals surface area contributed by atoms with E-state index in [-0.39, 0.29) is 5.91 Å². The molecule has 0 spiro atoms. The van der Waals surface area contributed by atoms with Gasteiger partial charge in [0.1, 0.15) is 5.01 Å². The highest BCUT2D eigenvalue weighted by atomic mass is 35.5. The predicted molar refractivity (Wildman–Crippen MR) is 93.0 cm³/mol. The Hall–Kier alpha value is -1.70. The minimum atomic E-state index is -0.708. The molecule has 9 heteroatoms. The molecule has 1 atom stereocenters. The van der Waals surface area contributed by atoms with Crippen LogP contribution in [-0.2, 0) is 9.63 Å². The molecule has 1 saturated carbocycles. The maximum absolute atomic E-state index is 12.3. The largest absolute Gasteiger partial charge is 0.382 e. The monoisotopic (exact) mass is 382 g/mol. The number of nitrogens with zero attached hydrogens (tertiary/aromatic N) is 3. The zero-order valence-electron chi connectivity index (χ0n) is 12.3. The van der Waals surface area contributed by atoms with Crippen LogP contribution in [0.1, 0.15) is 35.8 Å². The highest BCUT2D eigenvalue weighted by Gasteiger charge is 2.31. The van der Waals surface area contributed by atoms with Crippen LogP contribution in [0.15, 0.2) is 23.4 Å². The summed E-state index contributed by atoms with van der Waals surface area (Å²) in [7, 11) is 0. The van der Waals surface area contributed by atoms with Gasteiger partial charge in [0.2, 0.25) is 11.2 Å². The molecule has 1 aliphatic heterocycles. The van der Waals surface area contributed by atoms with Crippen LogP contribution >= 0.6 is 34.5 Å². The molecule has 0 radical (unpaired) electrons. The number of carbonyl (C=O) groups is 1. The van der Waals surface area contributed by atoms with Gasteiger partial charge in [-0.3, -0.25) is 10.1 Å². The standard InChI is InChI=1S/C15H12Cl2N4O2S/c16-8-3-4-9(10(17)5-8)11-6-12(23-21-11)13(22)18-15-20-19-14(24-15)7-1-2-7/h3-5,7,12H,1-2,6H2,(H,18,20,22). The molecule has 1 aromatic carbocycles. The molecule has 1 amide bonds. The predicted octanol–water partition coefficient (Wildman–Crippen LogP) is 3.85. The van der Waals surface area contributed by atoms with Crippen molar-refractivity contribution in [1.29, 1.82) is 0 Å². The Morgan fingerprint density at radius 3 is 2.88 bits per heavy atom. The van der Waals surface area contributed by atoms with E-state index in [1.165, 1.54) is 11.3 Å². The molecule has 0 bridgehead atoms. The molecule has 1 aliphatic carbocycles. The summed E-state index contributed by atoms with van der Waals surface area (Å²) in [6, 6.07) is 5.12. The van der Waals surface area contributed by atoms with Crippen molar-refractivity contribution in [1.82, 2.24) is 10.2 Å². The van der Waals surface area contributed by atoms with Gasteiger partial charge in [0.05, 0.1) is 10.7 Å². The lowest BCUT2D eigenvalue weighted by atomic mass is 10.0. The molecular formula is C15H12Cl2N4O2S. The van der Waals surface area contributed by atoms with Crippen LogP contribution in [0.5, 0.6) is 0 Å². The molecule has 0 saturated heterocycles. The summed E-state index contributed by atoms with van der Waals surface area (Å²) in [5, 5.41) is 17.3. The van der Waals surface area contributed by atoms with Crippen molar-refractivity contribution in [2.45, 2.75) is 31.3 Å². The molecule has 4 rings (SSSR count). The second kappa shape index (κ2) is 6.31. The summed E-state index contributed by atoms with van der Waals surface area (Å²) in [5.74, 6) is 0.218. The molecular weight excluding hydrogens is 371 g/mol. The number of rotatable bonds is 4. The van der Waals surface area contributed by atoms with E-state index in [2.05, 4.69) is 20.7 Å². The summed E-state index contributed by atoms with van der Waals surface area (Å²) >= 11 is 13.5. The second-order valence-corrected chi connectivity index (χ2v) is 7.52. The van der Waals surface area contributed by atoms with E-state index >= 15 is 0 Å². The molecule has 1 aromatic heterocycles. The van der Waals surface area contributed by atoms with Gasteiger partial charge in [-0.15, -0.1) is 10.2 Å². The van der Waals surface area contributed by atoms with Gasteiger partial charge in [-0.1, -0.05) is 45.8 Å². The number of anilines is 1. The first kappa shape index (κ1) is 15.8. The van der Waals surface area contributed by atoms with Gasteiger partial charge in [-0.05, 0) is 25.0 Å². The number of aromatic nitrogens is 2. The van der Waals surface area contributed by atoms with Crippen molar-refractivity contribution in [3.8, 4) is 0 Å². The normalized spacial score (nSPS) is 19.8. The van der Waals surface area contributed by atoms with Gasteiger partial charge in [0, 0.05) is 22.9 Å². The fraction of sp³-hybridized carbons (Fsp3) is 0.333. The molecule has 24 heavy (non-hydrogen) atoms. The molecule has 2 aromatic rings. The Morgan fingerprint density at radius 2 is 2.12 bits per heavy atom. The van der Waals surface area contributed by atoms with Crippen molar-refractivity contribution < 1.29 is 9.63 Å². The van der Waals surface area contributed by atoms with Gasteiger partial charge in [0.15, 0.2) is 0 Å². The SMILES string of the molecule is O=C(Nc1nnc(C2CC2)s1)C1CC(c2ccc(Cl)cc2Cl)=NO1. The summed E-state index contributed by atoms with van der Waals surface area (Å²) in [6.07, 6.45) is 1.92. The van der Waals surface area contributed by atoms with Gasteiger partial charge in [-0.25, -0.2) is 0 Å². The summed E-state index contributed by atoms with van der Waals surface area (Å²) in [6.45, 7) is 0. The van der Waals surface area contributed by atoms with Crippen molar-refractivity contribution in [3.05, 3.63) is 38.8 Å². The number of halogens is 2. The van der Waals surface area contributed by atoms with Crippen LogP contribution in [0.4, 0.5) is 5.13 Å². The highest BCUT2D eigenvalue weighted by molar-refractivity contribution is 7.15. The summed E-state index contributed by atoms with van der Waals surface area (Å²) < 4.78 is 0. The van der Waals surface area contributed by atoms with E-state index in [0.29, 0.717) is 38.8 Å². The number of hydrogen-bond donors (Lipinski definition) is 1. The molecule has 124 valence electrons. The third kappa shape index (κ3) is 3.24. The number of carbonyl (C=O) groups excluding carboxylic acids is 1. The van der Waals surface area contributed by atoms with Crippen molar-refractivity contribution in [2.75, 3.05) is 5.32 Å². The first-order chi connectivity index (χ1) is 11.6. The fourth-order valence-electron chi connectivity index (χ4n) is 2.37. The van der Waals surface area contributed by atoms with Crippen LogP contribution in [0.25, 0.3) is 0 Å². The third-order valence-electron chi connectivity index (χ3n) is 3.80. The highest BCUT2D eigenvalue weighted by Crippen LogP contribution is 2.42. The van der Waals surface area contributed by atoms with Gasteiger partial charge >= 0.3 is 0 Å². The first-order valence-corrected chi connectivity index (χ1v) is 9.00. The van der Waals surface area contributed by atoms with Crippen LogP contribution in [0.3, 0.4) is 0 Å². The van der Waals surface area contributed by atoms with Crippen LogP contribution < -0.4 is 5.32 Å². The first-order valence-electron chi connectivity index (χ1n) is 7.42. The third-order valence-corrected chi connectivity index (χ3v) is 5.35. The quantitative estimate of drug-likeness (QED) is 0.870. The number of benzene rings is 1. The molecule has 1 fully saturated rings. The average molecular weight is 383 g/mol. The van der Waals surface area contributed by atoms with E-state index in [1.54, 1.807) is 18.2 Å². The van der Waals surface area contributed by atoms with E-state index in [0.717, 1.165) is 17.8 Å². The van der Waals surface area contributed by atoms with E-state index < -0.39 is 6.10 Å². The number of oxime groups is 1. The molecule has 6 nitrogen and oxygen atoms in total. The topological polar surface area (TPSA) is 76.5 Å². The van der Waals surface area contributed by atoms with Crippen LogP contribution in [0.2, 0.25) is 10.0 Å². The van der Waals surface area contributed by atoms with E-state index in [4.69, 9.17) is 28.0 Å². The number of hydrogen-bond acceptors (Lipinski definition) is 6. The molecule has 2 aliphatic rings. The second-order valence-electron chi connectivity index (χ2n) is 5.67. The minimum Gasteiger partial charge on any atom is -0.382 e. The smallest absolute Gasteiger partial charge is 0.270 e. The van der Waals surface area contributed by atoms with Crippen LogP contribution in [-0.4, -0.2) is 27.9 Å². The molecule has 1 N–H and O–H groups in total. The zero-order chi connectivity index (χ0) is 16.7. The zero-order valence-corrected chi connectivity index (χ0v) is 14.7. The lowest BCUT2D eigenvalue weighted by Crippen LogP contribution is -2.28. The molecule has 1 unspecified atom stereocenters. The lowest BCUT2D eigenvalue weighted by Gasteiger charge is -2.07. The fourth-order valence-corrected chi connectivity index (χ4v) is 3.80. The maximum atomic E-state index is 12.3.